The van der Waals surface area contributed by atoms with Gasteiger partial charge in [0.2, 0.25) is 0 Å². The summed E-state index contributed by atoms with van der Waals surface area (Å²) in [4.78, 5) is 0. The summed E-state index contributed by atoms with van der Waals surface area (Å²) in [6.07, 6.45) is 21.5. The van der Waals surface area contributed by atoms with Gasteiger partial charge in [-0.15, -0.1) is 0 Å². The van der Waals surface area contributed by atoms with Crippen LogP contribution >= 0.6 is 39.0 Å². The van der Waals surface area contributed by atoms with Gasteiger partial charge in [-0.1, -0.05) is 51.4 Å². The van der Waals surface area contributed by atoms with Crippen molar-refractivity contribution in [3.05, 3.63) is 0 Å². The number of hydrogen-bond acceptors (Lipinski definition) is 8. The summed E-state index contributed by atoms with van der Waals surface area (Å²) in [6, 6.07) is 1.15. The smallest absolute Gasteiger partial charge is 0.270 e. The molecule has 4 aliphatic carbocycles. The fraction of sp³-hybridized carbons (Fsp3) is 1.00. The highest BCUT2D eigenvalue weighted by molar-refractivity contribution is 8.76. The van der Waals surface area contributed by atoms with Crippen LogP contribution in [-0.2, 0) is 18.1 Å². The van der Waals surface area contributed by atoms with E-state index in [0.29, 0.717) is 36.5 Å². The summed E-state index contributed by atoms with van der Waals surface area (Å²) in [6.45, 7) is 0. The van der Waals surface area contributed by atoms with Crippen molar-refractivity contribution in [3.8, 4) is 0 Å². The highest BCUT2D eigenvalue weighted by atomic mass is 33.1. The van der Waals surface area contributed by atoms with Crippen molar-refractivity contribution < 1.29 is 18.1 Å². The van der Waals surface area contributed by atoms with E-state index in [1.807, 2.05) is 22.0 Å². The van der Waals surface area contributed by atoms with Crippen molar-refractivity contribution >= 4 is 39.0 Å². The van der Waals surface area contributed by atoms with Gasteiger partial charge in [-0.25, -0.2) is 0 Å². The van der Waals surface area contributed by atoms with Crippen LogP contribution in [0.3, 0.4) is 0 Å². The summed E-state index contributed by atoms with van der Waals surface area (Å²) in [7, 11) is 1.85. The normalized spacial score (nSPS) is 41.1. The molecule has 0 amide bonds. The third-order valence-corrected chi connectivity index (χ3v) is 15.2. The van der Waals surface area contributed by atoms with Crippen LogP contribution in [0.1, 0.15) is 103 Å². The molecule has 6 fully saturated rings. The van der Waals surface area contributed by atoms with Crippen LogP contribution in [0.25, 0.3) is 0 Å². The lowest BCUT2D eigenvalue weighted by Gasteiger charge is -2.34. The average Bonchev–Trinajstić information content (AvgIpc) is 3.61. The Bertz CT molecular complexity index is 549. The predicted molar refractivity (Wildman–Crippen MR) is 134 cm³/mol. The zero-order valence-electron chi connectivity index (χ0n) is 19.0. The number of nitrogens with zero attached hydrogens (tertiary/aromatic N) is 2. The highest BCUT2D eigenvalue weighted by Crippen LogP contribution is 2.65. The molecule has 2 saturated heterocycles. The van der Waals surface area contributed by atoms with Crippen molar-refractivity contribution in [2.24, 2.45) is 0 Å². The van der Waals surface area contributed by atoms with Crippen molar-refractivity contribution in [1.82, 2.24) is 8.15 Å². The molecule has 4 unspecified atom stereocenters. The minimum absolute atomic E-state index is 0.323. The largest absolute Gasteiger partial charge is 0.315 e. The molecule has 10 heteroatoms. The molecule has 182 valence electrons. The molecule has 2 heterocycles. The van der Waals surface area contributed by atoms with Gasteiger partial charge in [-0.3, -0.25) is 0 Å². The molecule has 0 aromatic heterocycles. The maximum Gasteiger partial charge on any atom is 0.270 e. The zero-order chi connectivity index (χ0) is 21.3. The van der Waals surface area contributed by atoms with Gasteiger partial charge in [0.1, 0.15) is 0 Å². The Hall–Kier alpha value is 1.32. The quantitative estimate of drug-likeness (QED) is 0.191. The second-order valence-corrected chi connectivity index (χ2v) is 15.4. The van der Waals surface area contributed by atoms with Crippen molar-refractivity contribution in [1.29, 1.82) is 0 Å². The molecule has 0 spiro atoms. The second-order valence-electron chi connectivity index (χ2n) is 10.3. The Kier molecular flexibility index (Phi) is 8.26. The summed E-state index contributed by atoms with van der Waals surface area (Å²) in [5.41, 5.74) is 0. The van der Waals surface area contributed by atoms with E-state index >= 15 is 0 Å². The van der Waals surface area contributed by atoms with E-state index in [1.165, 1.54) is 103 Å². The molecule has 0 radical (unpaired) electrons. The summed E-state index contributed by atoms with van der Waals surface area (Å²) in [5, 5.41) is 0. The Morgan fingerprint density at radius 2 is 0.719 bits per heavy atom. The molecular formula is C22H38N2O4P2S2. The Morgan fingerprint density at radius 1 is 0.438 bits per heavy atom. The Labute approximate surface area is 204 Å². The van der Waals surface area contributed by atoms with Gasteiger partial charge in [0, 0.05) is 34.0 Å². The SMILES string of the molecule is C1CCC2OP(N(SSN(C3CCCC3)P3OC4CCCCC4O3)C3CCCC3)OC2C1. The standard InChI is InChI=1S/C22H38N2O4P2S2/c1-2-10-17(9-1)23(29-25-19-13-5-6-14-20(19)26-29)31-32-24(18-11-3-4-12-18)30-27-21-15-7-8-16-22(21)28-30/h17-22H,1-16H2. The van der Waals surface area contributed by atoms with Gasteiger partial charge in [0.25, 0.3) is 17.1 Å². The molecule has 4 atom stereocenters. The minimum Gasteiger partial charge on any atom is -0.315 e. The predicted octanol–water partition coefficient (Wildman–Crippen LogP) is 7.86. The lowest BCUT2D eigenvalue weighted by atomic mass is 9.95. The number of fused-ring (bicyclic) bond motifs is 2. The second kappa shape index (κ2) is 11.2. The Morgan fingerprint density at radius 3 is 1.03 bits per heavy atom. The van der Waals surface area contributed by atoms with Crippen LogP contribution in [-0.4, -0.2) is 44.7 Å². The Balaban J connectivity index is 1.14. The first-order valence-corrected chi connectivity index (χ1v) is 17.4. The van der Waals surface area contributed by atoms with Gasteiger partial charge in [-0.05, 0) is 51.4 Å². The van der Waals surface area contributed by atoms with Crippen molar-refractivity contribution in [3.63, 3.8) is 0 Å². The van der Waals surface area contributed by atoms with Gasteiger partial charge < -0.3 is 18.1 Å². The van der Waals surface area contributed by atoms with E-state index in [9.17, 15) is 0 Å². The monoisotopic (exact) mass is 520 g/mol. The molecule has 2 aliphatic heterocycles. The minimum atomic E-state index is -0.964. The van der Waals surface area contributed by atoms with Crippen molar-refractivity contribution in [2.45, 2.75) is 139 Å². The lowest BCUT2D eigenvalue weighted by molar-refractivity contribution is 0.110. The average molecular weight is 521 g/mol. The summed E-state index contributed by atoms with van der Waals surface area (Å²) in [5.74, 6) is 0. The van der Waals surface area contributed by atoms with Gasteiger partial charge >= 0.3 is 0 Å². The van der Waals surface area contributed by atoms with E-state index in [2.05, 4.69) is 8.15 Å². The highest BCUT2D eigenvalue weighted by Gasteiger charge is 2.47. The number of hydrogen-bond donors (Lipinski definition) is 0. The molecule has 4 saturated carbocycles. The summed E-state index contributed by atoms with van der Waals surface area (Å²) >= 11 is 0. The molecule has 0 aromatic rings. The zero-order valence-corrected chi connectivity index (χ0v) is 22.4. The molecule has 6 nitrogen and oxygen atoms in total. The van der Waals surface area contributed by atoms with E-state index in [-0.39, 0.29) is 0 Å². The first-order valence-electron chi connectivity index (χ1n) is 13.1. The van der Waals surface area contributed by atoms with Gasteiger partial charge in [0.05, 0.1) is 24.4 Å². The first-order chi connectivity index (χ1) is 15.8. The number of rotatable bonds is 7. The maximum absolute atomic E-state index is 6.56. The maximum atomic E-state index is 6.56. The molecule has 0 aromatic carbocycles. The summed E-state index contributed by atoms with van der Waals surface area (Å²) < 4.78 is 31.3. The molecule has 0 bridgehead atoms. The molecule has 32 heavy (non-hydrogen) atoms. The molecule has 6 aliphatic rings. The molecule has 0 N–H and O–H groups in total. The third kappa shape index (κ3) is 5.21. The third-order valence-electron chi connectivity index (χ3n) is 7.97. The fourth-order valence-electron chi connectivity index (χ4n) is 6.07. The fourth-order valence-corrected chi connectivity index (χ4v) is 13.8. The van der Waals surface area contributed by atoms with Crippen LogP contribution in [0, 0.1) is 0 Å². The van der Waals surface area contributed by atoms with Crippen LogP contribution < -0.4 is 0 Å². The van der Waals surface area contributed by atoms with E-state index in [1.54, 1.807) is 0 Å². The van der Waals surface area contributed by atoms with Crippen LogP contribution in [0.2, 0.25) is 0 Å². The molecule has 6 rings (SSSR count). The van der Waals surface area contributed by atoms with E-state index < -0.39 is 17.1 Å². The van der Waals surface area contributed by atoms with Gasteiger partial charge in [0.15, 0.2) is 0 Å². The van der Waals surface area contributed by atoms with E-state index in [4.69, 9.17) is 18.1 Å². The topological polar surface area (TPSA) is 43.4 Å². The van der Waals surface area contributed by atoms with Crippen LogP contribution in [0.15, 0.2) is 0 Å². The lowest BCUT2D eigenvalue weighted by Crippen LogP contribution is -2.25. The molecular weight excluding hydrogens is 482 g/mol. The van der Waals surface area contributed by atoms with Crippen LogP contribution in [0.5, 0.6) is 0 Å². The van der Waals surface area contributed by atoms with Crippen molar-refractivity contribution in [2.75, 3.05) is 0 Å². The van der Waals surface area contributed by atoms with Gasteiger partial charge in [-0.2, -0.15) is 8.15 Å². The van der Waals surface area contributed by atoms with E-state index in [0.717, 1.165) is 0 Å². The van der Waals surface area contributed by atoms with Crippen LogP contribution in [0.4, 0.5) is 0 Å². The first kappa shape index (κ1) is 23.7.